The summed E-state index contributed by atoms with van der Waals surface area (Å²) in [6.07, 6.45) is 7.21. The highest BCUT2D eigenvalue weighted by molar-refractivity contribution is 5.41. The highest BCUT2D eigenvalue weighted by Gasteiger charge is 2.05. The first-order chi connectivity index (χ1) is 10.2. The van der Waals surface area contributed by atoms with E-state index < -0.39 is 0 Å². The number of nitrogens with one attached hydrogen (secondary N) is 1. The number of pyridine rings is 1. The molecule has 0 atom stereocenters. The molecule has 0 amide bonds. The summed E-state index contributed by atoms with van der Waals surface area (Å²) in [7, 11) is 0. The van der Waals surface area contributed by atoms with Gasteiger partial charge in [-0.2, -0.15) is 0 Å². The van der Waals surface area contributed by atoms with Gasteiger partial charge in [-0.1, -0.05) is 18.2 Å². The molecule has 21 heavy (non-hydrogen) atoms. The van der Waals surface area contributed by atoms with Crippen molar-refractivity contribution in [2.75, 3.05) is 6.54 Å². The first-order valence-corrected chi connectivity index (χ1v) is 7.28. The number of imidazole rings is 1. The number of rotatable bonds is 6. The van der Waals surface area contributed by atoms with Crippen LogP contribution in [0, 0.1) is 6.92 Å². The van der Waals surface area contributed by atoms with Gasteiger partial charge in [0.1, 0.15) is 5.65 Å². The third kappa shape index (κ3) is 3.28. The summed E-state index contributed by atoms with van der Waals surface area (Å²) in [4.78, 5) is 4.59. The minimum absolute atomic E-state index is 0.640. The van der Waals surface area contributed by atoms with Crippen LogP contribution in [0.4, 0.5) is 0 Å². The fraction of sp³-hybridized carbons (Fsp3) is 0.400. The maximum absolute atomic E-state index is 4.59. The molecule has 3 heterocycles. The number of nitrogens with zero attached hydrogens (tertiary/aromatic N) is 5. The minimum atomic E-state index is 0.640. The van der Waals surface area contributed by atoms with Crippen LogP contribution in [0.25, 0.3) is 5.65 Å². The van der Waals surface area contributed by atoms with E-state index in [0.717, 1.165) is 36.5 Å². The van der Waals surface area contributed by atoms with Gasteiger partial charge >= 0.3 is 0 Å². The molecular formula is C15H20N6. The van der Waals surface area contributed by atoms with Crippen molar-refractivity contribution in [2.24, 2.45) is 0 Å². The lowest BCUT2D eigenvalue weighted by atomic mass is 10.3. The van der Waals surface area contributed by atoms with Crippen LogP contribution in [0.5, 0.6) is 0 Å². The van der Waals surface area contributed by atoms with Gasteiger partial charge in [0.15, 0.2) is 0 Å². The summed E-state index contributed by atoms with van der Waals surface area (Å²) in [5.41, 5.74) is 4.12. The van der Waals surface area contributed by atoms with Crippen LogP contribution < -0.4 is 5.32 Å². The molecule has 3 rings (SSSR count). The number of hydrogen-bond donors (Lipinski definition) is 1. The van der Waals surface area contributed by atoms with Crippen molar-refractivity contribution >= 4 is 5.65 Å². The molecule has 1 N–H and O–H groups in total. The Bertz CT molecular complexity index is 727. The fourth-order valence-corrected chi connectivity index (χ4v) is 2.29. The van der Waals surface area contributed by atoms with Gasteiger partial charge in [0.05, 0.1) is 24.1 Å². The SMILES string of the molecule is CCCNCc1cn(Cc2cn3cc(C)ccc3n2)nn1. The van der Waals surface area contributed by atoms with Gasteiger partial charge in [-0.15, -0.1) is 5.10 Å². The van der Waals surface area contributed by atoms with Gasteiger partial charge in [0, 0.05) is 18.9 Å². The molecule has 3 aromatic rings. The molecule has 0 saturated heterocycles. The smallest absolute Gasteiger partial charge is 0.137 e. The average Bonchev–Trinajstić information content (AvgIpc) is 3.05. The van der Waals surface area contributed by atoms with Gasteiger partial charge in [-0.25, -0.2) is 9.67 Å². The molecule has 0 aliphatic carbocycles. The van der Waals surface area contributed by atoms with E-state index in [2.05, 4.69) is 46.7 Å². The number of aromatic nitrogens is 5. The maximum Gasteiger partial charge on any atom is 0.137 e. The van der Waals surface area contributed by atoms with E-state index in [1.165, 1.54) is 5.56 Å². The normalized spacial score (nSPS) is 11.3. The fourth-order valence-electron chi connectivity index (χ4n) is 2.29. The second kappa shape index (κ2) is 6.05. The summed E-state index contributed by atoms with van der Waals surface area (Å²) < 4.78 is 3.88. The summed E-state index contributed by atoms with van der Waals surface area (Å²) in [6.45, 7) is 6.62. The van der Waals surface area contributed by atoms with Crippen molar-refractivity contribution in [1.29, 1.82) is 0 Å². The molecule has 110 valence electrons. The van der Waals surface area contributed by atoms with Crippen molar-refractivity contribution in [3.8, 4) is 0 Å². The van der Waals surface area contributed by atoms with Crippen LogP contribution in [-0.2, 0) is 13.1 Å². The Morgan fingerprint density at radius 1 is 1.14 bits per heavy atom. The molecule has 0 aromatic carbocycles. The Morgan fingerprint density at radius 2 is 2.05 bits per heavy atom. The van der Waals surface area contributed by atoms with Crippen molar-refractivity contribution in [1.82, 2.24) is 29.7 Å². The Balaban J connectivity index is 1.70. The predicted molar refractivity (Wildman–Crippen MR) is 81.1 cm³/mol. The first kappa shape index (κ1) is 13.8. The second-order valence-electron chi connectivity index (χ2n) is 5.29. The lowest BCUT2D eigenvalue weighted by Crippen LogP contribution is -2.13. The van der Waals surface area contributed by atoms with E-state index in [4.69, 9.17) is 0 Å². The molecule has 0 bridgehead atoms. The van der Waals surface area contributed by atoms with E-state index in [9.17, 15) is 0 Å². The summed E-state index contributed by atoms with van der Waals surface area (Å²) >= 11 is 0. The van der Waals surface area contributed by atoms with Crippen LogP contribution in [-0.4, -0.2) is 30.9 Å². The minimum Gasteiger partial charge on any atom is -0.311 e. The number of aryl methyl sites for hydroxylation is 1. The van der Waals surface area contributed by atoms with Gasteiger partial charge in [0.2, 0.25) is 0 Å². The monoisotopic (exact) mass is 284 g/mol. The molecule has 0 unspecified atom stereocenters. The van der Waals surface area contributed by atoms with E-state index in [1.54, 1.807) is 0 Å². The number of fused-ring (bicyclic) bond motifs is 1. The molecular weight excluding hydrogens is 264 g/mol. The second-order valence-corrected chi connectivity index (χ2v) is 5.29. The van der Waals surface area contributed by atoms with E-state index >= 15 is 0 Å². The molecule has 0 saturated carbocycles. The van der Waals surface area contributed by atoms with Crippen LogP contribution in [0.15, 0.2) is 30.7 Å². The molecule has 6 nitrogen and oxygen atoms in total. The molecule has 0 fully saturated rings. The molecule has 6 heteroatoms. The molecule has 0 spiro atoms. The van der Waals surface area contributed by atoms with Crippen molar-refractivity contribution in [3.63, 3.8) is 0 Å². The molecule has 3 aromatic heterocycles. The largest absolute Gasteiger partial charge is 0.311 e. The van der Waals surface area contributed by atoms with Crippen LogP contribution in [0.1, 0.15) is 30.3 Å². The Kier molecular flexibility index (Phi) is 3.96. The zero-order valence-corrected chi connectivity index (χ0v) is 12.5. The van der Waals surface area contributed by atoms with Crippen LogP contribution in [0.2, 0.25) is 0 Å². The summed E-state index contributed by atoms with van der Waals surface area (Å²) in [6, 6.07) is 4.10. The zero-order valence-electron chi connectivity index (χ0n) is 12.5. The van der Waals surface area contributed by atoms with Gasteiger partial charge in [-0.05, 0) is 31.5 Å². The van der Waals surface area contributed by atoms with Crippen LogP contribution >= 0.6 is 0 Å². The topological polar surface area (TPSA) is 60.0 Å². The zero-order chi connectivity index (χ0) is 14.7. The highest BCUT2D eigenvalue weighted by Crippen LogP contribution is 2.08. The van der Waals surface area contributed by atoms with Gasteiger partial charge in [-0.3, -0.25) is 0 Å². The average molecular weight is 284 g/mol. The predicted octanol–water partition coefficient (Wildman–Crippen LogP) is 1.78. The summed E-state index contributed by atoms with van der Waals surface area (Å²) in [5, 5.41) is 11.6. The number of hydrogen-bond acceptors (Lipinski definition) is 4. The van der Waals surface area contributed by atoms with Crippen molar-refractivity contribution in [2.45, 2.75) is 33.4 Å². The highest BCUT2D eigenvalue weighted by atomic mass is 15.4. The third-order valence-electron chi connectivity index (χ3n) is 3.29. The Labute approximate surface area is 123 Å². The molecule has 0 aliphatic heterocycles. The molecule has 0 aliphatic rings. The van der Waals surface area contributed by atoms with Gasteiger partial charge in [0.25, 0.3) is 0 Å². The van der Waals surface area contributed by atoms with Crippen molar-refractivity contribution in [3.05, 3.63) is 47.7 Å². The lowest BCUT2D eigenvalue weighted by molar-refractivity contribution is 0.638. The van der Waals surface area contributed by atoms with E-state index in [0.29, 0.717) is 6.54 Å². The Morgan fingerprint density at radius 3 is 2.90 bits per heavy atom. The standard InChI is InChI=1S/C15H20N6/c1-3-6-16-7-13-10-21(19-18-13)11-14-9-20-8-12(2)4-5-15(20)17-14/h4-5,8-10,16H,3,6-7,11H2,1-2H3. The lowest BCUT2D eigenvalue weighted by Gasteiger charge is -1.97. The summed E-state index contributed by atoms with van der Waals surface area (Å²) in [5.74, 6) is 0. The van der Waals surface area contributed by atoms with E-state index in [1.807, 2.05) is 27.5 Å². The maximum atomic E-state index is 4.59. The van der Waals surface area contributed by atoms with Gasteiger partial charge < -0.3 is 9.72 Å². The first-order valence-electron chi connectivity index (χ1n) is 7.28. The van der Waals surface area contributed by atoms with Crippen molar-refractivity contribution < 1.29 is 0 Å². The third-order valence-corrected chi connectivity index (χ3v) is 3.29. The Hall–Kier alpha value is -2.21. The van der Waals surface area contributed by atoms with Crippen LogP contribution in [0.3, 0.4) is 0 Å². The quantitative estimate of drug-likeness (QED) is 0.701. The molecule has 0 radical (unpaired) electrons. The van der Waals surface area contributed by atoms with E-state index in [-0.39, 0.29) is 0 Å².